The molecule has 6 heteroatoms. The van der Waals surface area contributed by atoms with Gasteiger partial charge in [-0.15, -0.1) is 0 Å². The Bertz CT molecular complexity index is 831. The Balaban J connectivity index is 1.76. The Morgan fingerprint density at radius 2 is 2.00 bits per heavy atom. The maximum atomic E-state index is 12.9. The molecule has 0 aliphatic rings. The Morgan fingerprint density at radius 3 is 2.74 bits per heavy atom. The fourth-order valence-corrected chi connectivity index (χ4v) is 2.30. The van der Waals surface area contributed by atoms with Crippen LogP contribution in [0.15, 0.2) is 59.3 Å². The SMILES string of the molecule is O=C(NCc1ccc(F)cc1)c1ncoc1-c1cccc(Cl)c1. The first-order valence-electron chi connectivity index (χ1n) is 6.85. The molecule has 4 nitrogen and oxygen atoms in total. The van der Waals surface area contributed by atoms with Gasteiger partial charge in [0.25, 0.3) is 5.91 Å². The first-order valence-corrected chi connectivity index (χ1v) is 7.23. The molecule has 3 rings (SSSR count). The summed E-state index contributed by atoms with van der Waals surface area (Å²) < 4.78 is 18.2. The van der Waals surface area contributed by atoms with Gasteiger partial charge in [-0.25, -0.2) is 9.37 Å². The molecule has 0 aliphatic carbocycles. The zero-order valence-corrected chi connectivity index (χ0v) is 12.7. The maximum Gasteiger partial charge on any atom is 0.274 e. The predicted octanol–water partition coefficient (Wildman–Crippen LogP) is 4.06. The minimum Gasteiger partial charge on any atom is -0.443 e. The number of hydrogen-bond acceptors (Lipinski definition) is 3. The highest BCUT2D eigenvalue weighted by atomic mass is 35.5. The van der Waals surface area contributed by atoms with Crippen molar-refractivity contribution in [2.75, 3.05) is 0 Å². The molecule has 1 aromatic heterocycles. The number of hydrogen-bond donors (Lipinski definition) is 1. The highest BCUT2D eigenvalue weighted by Crippen LogP contribution is 2.25. The number of aromatic nitrogens is 1. The fraction of sp³-hybridized carbons (Fsp3) is 0.0588. The van der Waals surface area contributed by atoms with Gasteiger partial charge in [0.05, 0.1) is 0 Å². The number of carbonyl (C=O) groups excluding carboxylic acids is 1. The van der Waals surface area contributed by atoms with Crippen molar-refractivity contribution in [2.45, 2.75) is 6.54 Å². The van der Waals surface area contributed by atoms with Gasteiger partial charge in [-0.2, -0.15) is 0 Å². The molecule has 0 aliphatic heterocycles. The van der Waals surface area contributed by atoms with Gasteiger partial charge < -0.3 is 9.73 Å². The molecule has 0 fully saturated rings. The van der Waals surface area contributed by atoms with Gasteiger partial charge in [-0.3, -0.25) is 4.79 Å². The second-order valence-electron chi connectivity index (χ2n) is 4.85. The number of nitrogens with zero attached hydrogens (tertiary/aromatic N) is 1. The van der Waals surface area contributed by atoms with E-state index in [2.05, 4.69) is 10.3 Å². The summed E-state index contributed by atoms with van der Waals surface area (Å²) in [5.74, 6) is -0.345. The lowest BCUT2D eigenvalue weighted by atomic mass is 10.1. The van der Waals surface area contributed by atoms with Crippen molar-refractivity contribution in [1.82, 2.24) is 10.3 Å². The van der Waals surface area contributed by atoms with Crippen molar-refractivity contribution in [3.63, 3.8) is 0 Å². The van der Waals surface area contributed by atoms with Crippen LogP contribution in [0.5, 0.6) is 0 Å². The highest BCUT2D eigenvalue weighted by molar-refractivity contribution is 6.30. The van der Waals surface area contributed by atoms with Gasteiger partial charge in [-0.05, 0) is 29.8 Å². The van der Waals surface area contributed by atoms with Gasteiger partial charge in [-0.1, -0.05) is 35.9 Å². The molecule has 2 aromatic carbocycles. The van der Waals surface area contributed by atoms with E-state index < -0.39 is 0 Å². The Kier molecular flexibility index (Phi) is 4.39. The second-order valence-corrected chi connectivity index (χ2v) is 5.29. The Labute approximate surface area is 136 Å². The van der Waals surface area contributed by atoms with E-state index in [-0.39, 0.29) is 24.0 Å². The molecule has 23 heavy (non-hydrogen) atoms. The zero-order chi connectivity index (χ0) is 16.2. The number of nitrogens with one attached hydrogen (secondary N) is 1. The first-order chi connectivity index (χ1) is 11.1. The molecule has 0 radical (unpaired) electrons. The van der Waals surface area contributed by atoms with E-state index in [4.69, 9.17) is 16.0 Å². The lowest BCUT2D eigenvalue weighted by molar-refractivity contribution is 0.0947. The molecule has 0 unspecified atom stereocenters. The van der Waals surface area contributed by atoms with Crippen molar-refractivity contribution >= 4 is 17.5 Å². The third-order valence-corrected chi connectivity index (χ3v) is 3.47. The highest BCUT2D eigenvalue weighted by Gasteiger charge is 2.18. The summed E-state index contributed by atoms with van der Waals surface area (Å²) in [4.78, 5) is 16.3. The quantitative estimate of drug-likeness (QED) is 0.784. The zero-order valence-electron chi connectivity index (χ0n) is 11.9. The molecule has 0 bridgehead atoms. The summed E-state index contributed by atoms with van der Waals surface area (Å²) in [7, 11) is 0. The predicted molar refractivity (Wildman–Crippen MR) is 84.5 cm³/mol. The summed E-state index contributed by atoms with van der Waals surface area (Å²) in [6, 6.07) is 12.9. The summed E-state index contributed by atoms with van der Waals surface area (Å²) in [5.41, 5.74) is 1.63. The Hall–Kier alpha value is -2.66. The number of benzene rings is 2. The molecule has 0 spiro atoms. The standard InChI is InChI=1S/C17H12ClFN2O2/c18-13-3-1-2-12(8-13)16-15(21-10-23-16)17(22)20-9-11-4-6-14(19)7-5-11/h1-8,10H,9H2,(H,20,22). The van der Waals surface area contributed by atoms with E-state index >= 15 is 0 Å². The number of amides is 1. The van der Waals surface area contributed by atoms with Crippen molar-refractivity contribution in [1.29, 1.82) is 0 Å². The van der Waals surface area contributed by atoms with Gasteiger partial charge in [0.1, 0.15) is 5.82 Å². The third kappa shape index (κ3) is 3.57. The van der Waals surface area contributed by atoms with Crippen LogP contribution in [0.4, 0.5) is 4.39 Å². The molecule has 0 atom stereocenters. The van der Waals surface area contributed by atoms with Crippen LogP contribution >= 0.6 is 11.6 Å². The van der Waals surface area contributed by atoms with E-state index in [1.54, 1.807) is 36.4 Å². The topological polar surface area (TPSA) is 55.1 Å². The van der Waals surface area contributed by atoms with Crippen molar-refractivity contribution in [2.24, 2.45) is 0 Å². The fourth-order valence-electron chi connectivity index (χ4n) is 2.11. The molecular weight excluding hydrogens is 319 g/mol. The Morgan fingerprint density at radius 1 is 1.22 bits per heavy atom. The van der Waals surface area contributed by atoms with E-state index in [1.165, 1.54) is 18.5 Å². The summed E-state index contributed by atoms with van der Waals surface area (Å²) in [6.45, 7) is 0.265. The average Bonchev–Trinajstić information content (AvgIpc) is 3.04. The van der Waals surface area contributed by atoms with E-state index in [9.17, 15) is 9.18 Å². The summed E-state index contributed by atoms with van der Waals surface area (Å²) in [6.07, 6.45) is 1.21. The number of oxazole rings is 1. The molecule has 3 aromatic rings. The normalized spacial score (nSPS) is 10.5. The number of halogens is 2. The lowest BCUT2D eigenvalue weighted by Crippen LogP contribution is -2.23. The van der Waals surface area contributed by atoms with Crippen LogP contribution in [0.3, 0.4) is 0 Å². The van der Waals surface area contributed by atoms with Crippen LogP contribution in [-0.4, -0.2) is 10.9 Å². The minimum atomic E-state index is -0.377. The molecule has 0 saturated heterocycles. The van der Waals surface area contributed by atoms with E-state index in [1.807, 2.05) is 0 Å². The van der Waals surface area contributed by atoms with Gasteiger partial charge in [0.2, 0.25) is 0 Å². The lowest BCUT2D eigenvalue weighted by Gasteiger charge is -2.05. The van der Waals surface area contributed by atoms with E-state index in [0.717, 1.165) is 5.56 Å². The van der Waals surface area contributed by atoms with Crippen LogP contribution in [-0.2, 0) is 6.54 Å². The average molecular weight is 331 g/mol. The largest absolute Gasteiger partial charge is 0.443 e. The molecule has 1 N–H and O–H groups in total. The third-order valence-electron chi connectivity index (χ3n) is 3.24. The number of carbonyl (C=O) groups is 1. The molecular formula is C17H12ClFN2O2. The summed E-state index contributed by atoms with van der Waals surface area (Å²) >= 11 is 5.95. The van der Waals surface area contributed by atoms with Crippen LogP contribution in [0.25, 0.3) is 11.3 Å². The minimum absolute atomic E-state index is 0.175. The van der Waals surface area contributed by atoms with Crippen LogP contribution in [0.2, 0.25) is 5.02 Å². The van der Waals surface area contributed by atoms with E-state index in [0.29, 0.717) is 16.3 Å². The van der Waals surface area contributed by atoms with Crippen LogP contribution < -0.4 is 5.32 Å². The first kappa shape index (κ1) is 15.2. The second kappa shape index (κ2) is 6.62. The van der Waals surface area contributed by atoms with Crippen LogP contribution in [0.1, 0.15) is 16.1 Å². The van der Waals surface area contributed by atoms with Crippen molar-refractivity contribution < 1.29 is 13.6 Å². The monoisotopic (exact) mass is 330 g/mol. The van der Waals surface area contributed by atoms with Gasteiger partial charge in [0.15, 0.2) is 17.8 Å². The smallest absolute Gasteiger partial charge is 0.274 e. The molecule has 116 valence electrons. The number of rotatable bonds is 4. The van der Waals surface area contributed by atoms with Crippen molar-refractivity contribution in [3.05, 3.63) is 77.0 Å². The maximum absolute atomic E-state index is 12.9. The summed E-state index contributed by atoms with van der Waals surface area (Å²) in [5, 5.41) is 3.27. The van der Waals surface area contributed by atoms with Gasteiger partial charge in [0, 0.05) is 17.1 Å². The molecule has 0 saturated carbocycles. The van der Waals surface area contributed by atoms with Gasteiger partial charge >= 0.3 is 0 Å². The molecule has 1 heterocycles. The van der Waals surface area contributed by atoms with Crippen molar-refractivity contribution in [3.8, 4) is 11.3 Å². The van der Waals surface area contributed by atoms with Crippen LogP contribution in [0, 0.1) is 5.82 Å². The molecule has 1 amide bonds.